The van der Waals surface area contributed by atoms with Crippen molar-refractivity contribution in [2.75, 3.05) is 31.6 Å². The number of rotatable bonds is 5. The van der Waals surface area contributed by atoms with Crippen LogP contribution in [-0.4, -0.2) is 37.2 Å². The van der Waals surface area contributed by atoms with E-state index in [2.05, 4.69) is 39.5 Å². The average Bonchev–Trinajstić information content (AvgIpc) is 3.15. The number of guanidine groups is 1. The molecule has 31 heavy (non-hydrogen) atoms. The molecule has 2 heterocycles. The molecule has 1 saturated heterocycles. The van der Waals surface area contributed by atoms with Crippen molar-refractivity contribution in [3.8, 4) is 11.5 Å². The van der Waals surface area contributed by atoms with Crippen LogP contribution in [-0.2, 0) is 13.1 Å². The largest absolute Gasteiger partial charge is 0.490 e. The van der Waals surface area contributed by atoms with Crippen LogP contribution in [0.3, 0.4) is 0 Å². The lowest BCUT2D eigenvalue weighted by molar-refractivity contribution is 0.276. The summed E-state index contributed by atoms with van der Waals surface area (Å²) in [6, 6.07) is 14.3. The van der Waals surface area contributed by atoms with Crippen LogP contribution in [0.2, 0.25) is 0 Å². The highest BCUT2D eigenvalue weighted by Crippen LogP contribution is 2.32. The van der Waals surface area contributed by atoms with Crippen LogP contribution in [0.25, 0.3) is 0 Å². The number of anilines is 1. The number of hydrogen-bond donors (Lipinski definition) is 2. The highest BCUT2D eigenvalue weighted by Gasteiger charge is 2.12. The summed E-state index contributed by atoms with van der Waals surface area (Å²) in [6.07, 6.45) is 6.19. The molecule has 2 aromatic rings. The molecule has 0 radical (unpaired) electrons. The zero-order valence-corrected chi connectivity index (χ0v) is 20.3. The summed E-state index contributed by atoms with van der Waals surface area (Å²) in [7, 11) is 0. The topological polar surface area (TPSA) is 72.1 Å². The molecule has 7 heteroatoms. The zero-order chi connectivity index (χ0) is 20.6. The number of benzene rings is 2. The Kier molecular flexibility index (Phi) is 9.27. The summed E-state index contributed by atoms with van der Waals surface area (Å²) in [5.74, 6) is 1.91. The predicted molar refractivity (Wildman–Crippen MR) is 137 cm³/mol. The third kappa shape index (κ3) is 7.00. The fraction of sp³-hybridized carbons (Fsp3) is 0.458. The minimum atomic E-state index is 0. The van der Waals surface area contributed by atoms with Crippen LogP contribution in [0, 0.1) is 0 Å². The van der Waals surface area contributed by atoms with Crippen molar-refractivity contribution < 1.29 is 9.47 Å². The van der Waals surface area contributed by atoms with Crippen molar-refractivity contribution in [1.82, 2.24) is 4.90 Å². The maximum Gasteiger partial charge on any atom is 0.193 e. The Hall–Kier alpha value is -2.00. The Bertz CT molecular complexity index is 866. The predicted octanol–water partition coefficient (Wildman–Crippen LogP) is 4.77. The first kappa shape index (κ1) is 23.7. The summed E-state index contributed by atoms with van der Waals surface area (Å²) in [5, 5.41) is 3.17. The van der Waals surface area contributed by atoms with Gasteiger partial charge in [0.15, 0.2) is 17.5 Å². The first-order valence-corrected chi connectivity index (χ1v) is 11.0. The van der Waals surface area contributed by atoms with E-state index in [-0.39, 0.29) is 24.0 Å². The van der Waals surface area contributed by atoms with Crippen molar-refractivity contribution in [2.24, 2.45) is 10.7 Å². The highest BCUT2D eigenvalue weighted by atomic mass is 127. The van der Waals surface area contributed by atoms with Gasteiger partial charge < -0.3 is 20.5 Å². The van der Waals surface area contributed by atoms with Crippen LogP contribution < -0.4 is 20.5 Å². The quantitative estimate of drug-likeness (QED) is 0.328. The van der Waals surface area contributed by atoms with Crippen LogP contribution in [0.4, 0.5) is 5.69 Å². The number of fused-ring (bicyclic) bond motifs is 1. The second-order valence-electron chi connectivity index (χ2n) is 8.00. The van der Waals surface area contributed by atoms with E-state index in [1.807, 2.05) is 18.2 Å². The maximum absolute atomic E-state index is 6.17. The van der Waals surface area contributed by atoms with E-state index in [0.717, 1.165) is 30.2 Å². The van der Waals surface area contributed by atoms with Gasteiger partial charge in [-0.15, -0.1) is 24.0 Å². The lowest BCUT2D eigenvalue weighted by Gasteiger charge is -2.21. The fourth-order valence-corrected chi connectivity index (χ4v) is 4.00. The molecule has 2 aliphatic rings. The van der Waals surface area contributed by atoms with Crippen molar-refractivity contribution in [2.45, 2.75) is 45.2 Å². The van der Waals surface area contributed by atoms with Crippen LogP contribution in [0.15, 0.2) is 47.5 Å². The van der Waals surface area contributed by atoms with E-state index in [1.54, 1.807) is 0 Å². The summed E-state index contributed by atoms with van der Waals surface area (Å²) >= 11 is 0. The number of nitrogens with one attached hydrogen (secondary N) is 1. The van der Waals surface area contributed by atoms with Gasteiger partial charge in [0, 0.05) is 24.7 Å². The fourth-order valence-electron chi connectivity index (χ4n) is 4.00. The second-order valence-corrected chi connectivity index (χ2v) is 8.00. The molecule has 0 unspecified atom stereocenters. The molecular weight excluding hydrogens is 503 g/mol. The number of ether oxygens (including phenoxy) is 2. The Balaban J connectivity index is 0.00000272. The highest BCUT2D eigenvalue weighted by molar-refractivity contribution is 14.0. The normalized spacial score (nSPS) is 17.2. The van der Waals surface area contributed by atoms with E-state index >= 15 is 0 Å². The molecule has 0 amide bonds. The first-order chi connectivity index (χ1) is 14.8. The van der Waals surface area contributed by atoms with Crippen molar-refractivity contribution in [3.63, 3.8) is 0 Å². The number of nitrogens with zero attached hydrogens (tertiary/aromatic N) is 2. The van der Waals surface area contributed by atoms with Crippen LogP contribution in [0.5, 0.6) is 11.5 Å². The number of hydrogen-bond acceptors (Lipinski definition) is 4. The van der Waals surface area contributed by atoms with Gasteiger partial charge in [-0.2, -0.15) is 0 Å². The lowest BCUT2D eigenvalue weighted by Crippen LogP contribution is -2.25. The molecule has 1 fully saturated rings. The molecule has 3 N–H and O–H groups in total. The molecule has 0 spiro atoms. The first-order valence-electron chi connectivity index (χ1n) is 11.0. The minimum Gasteiger partial charge on any atom is -0.490 e. The molecule has 2 aromatic carbocycles. The number of nitrogens with two attached hydrogens (primary N) is 1. The average molecular weight is 536 g/mol. The van der Waals surface area contributed by atoms with E-state index < -0.39 is 0 Å². The van der Waals surface area contributed by atoms with Gasteiger partial charge >= 0.3 is 0 Å². The molecule has 0 atom stereocenters. The van der Waals surface area contributed by atoms with Crippen molar-refractivity contribution in [3.05, 3.63) is 53.6 Å². The Morgan fingerprint density at radius 3 is 2.39 bits per heavy atom. The summed E-state index contributed by atoms with van der Waals surface area (Å²) in [4.78, 5) is 7.15. The van der Waals surface area contributed by atoms with Gasteiger partial charge in [0.2, 0.25) is 0 Å². The monoisotopic (exact) mass is 536 g/mol. The van der Waals surface area contributed by atoms with Gasteiger partial charge in [-0.25, -0.2) is 4.99 Å². The standard InChI is InChI=1S/C24H32N4O2.HI/c25-24(27-21-10-11-22-23(16-21)30-15-7-14-29-22)26-17-19-8-3-4-9-20(19)18-28-12-5-1-2-6-13-28;/h3-4,8-11,16H,1-2,5-7,12-15,17-18H2,(H3,25,26,27);1H. The third-order valence-corrected chi connectivity index (χ3v) is 5.65. The maximum atomic E-state index is 6.17. The SMILES string of the molecule is I.NC(=NCc1ccccc1CN1CCCCCC1)Nc1ccc2c(c1)OCCCO2. The summed E-state index contributed by atoms with van der Waals surface area (Å²) < 4.78 is 11.4. The summed E-state index contributed by atoms with van der Waals surface area (Å²) in [6.45, 7) is 5.26. The van der Waals surface area contributed by atoms with Gasteiger partial charge in [0.05, 0.1) is 19.8 Å². The Morgan fingerprint density at radius 2 is 1.61 bits per heavy atom. The smallest absolute Gasteiger partial charge is 0.193 e. The molecular formula is C24H33IN4O2. The molecule has 168 valence electrons. The van der Waals surface area contributed by atoms with Gasteiger partial charge in [-0.3, -0.25) is 4.90 Å². The molecule has 0 aromatic heterocycles. The molecule has 0 saturated carbocycles. The van der Waals surface area contributed by atoms with Crippen molar-refractivity contribution >= 4 is 35.6 Å². The van der Waals surface area contributed by atoms with E-state index in [1.165, 1.54) is 49.9 Å². The van der Waals surface area contributed by atoms with E-state index in [4.69, 9.17) is 15.2 Å². The zero-order valence-electron chi connectivity index (χ0n) is 18.0. The van der Waals surface area contributed by atoms with Gasteiger partial charge in [-0.05, 0) is 49.2 Å². The van der Waals surface area contributed by atoms with Crippen molar-refractivity contribution in [1.29, 1.82) is 0 Å². The van der Waals surface area contributed by atoms with Gasteiger partial charge in [0.25, 0.3) is 0 Å². The van der Waals surface area contributed by atoms with Crippen LogP contribution in [0.1, 0.15) is 43.2 Å². The lowest BCUT2D eigenvalue weighted by atomic mass is 10.1. The van der Waals surface area contributed by atoms with Gasteiger partial charge in [0.1, 0.15) is 0 Å². The van der Waals surface area contributed by atoms with E-state index in [9.17, 15) is 0 Å². The molecule has 0 bridgehead atoms. The molecule has 4 rings (SSSR count). The second kappa shape index (κ2) is 12.1. The third-order valence-electron chi connectivity index (χ3n) is 5.65. The number of aliphatic imine (C=N–C) groups is 1. The Morgan fingerprint density at radius 1 is 0.903 bits per heavy atom. The Labute approximate surface area is 202 Å². The van der Waals surface area contributed by atoms with Crippen LogP contribution >= 0.6 is 24.0 Å². The number of likely N-dealkylation sites (tertiary alicyclic amines) is 1. The molecule has 6 nitrogen and oxygen atoms in total. The molecule has 0 aliphatic carbocycles. The summed E-state index contributed by atoms with van der Waals surface area (Å²) in [5.41, 5.74) is 9.58. The minimum absolute atomic E-state index is 0. The molecule has 2 aliphatic heterocycles. The van der Waals surface area contributed by atoms with Gasteiger partial charge in [-0.1, -0.05) is 37.1 Å². The van der Waals surface area contributed by atoms with E-state index in [0.29, 0.717) is 25.7 Å². The number of halogens is 1.